The minimum absolute atomic E-state index is 0.0490. The molecule has 0 radical (unpaired) electrons. The van der Waals surface area contributed by atoms with E-state index in [-0.39, 0.29) is 17.5 Å². The molecular weight excluding hydrogens is 258 g/mol. The highest BCUT2D eigenvalue weighted by atomic mass is 16.5. The summed E-state index contributed by atoms with van der Waals surface area (Å²) in [5.74, 6) is -0.888. The van der Waals surface area contributed by atoms with Crippen LogP contribution in [0.5, 0.6) is 5.75 Å². The largest absolute Gasteiger partial charge is 0.497 e. The van der Waals surface area contributed by atoms with E-state index in [0.29, 0.717) is 17.9 Å². The van der Waals surface area contributed by atoms with E-state index in [0.717, 1.165) is 6.42 Å². The molecule has 1 unspecified atom stereocenters. The molecule has 0 saturated carbocycles. The van der Waals surface area contributed by atoms with E-state index in [2.05, 4.69) is 0 Å². The molecule has 0 aromatic heterocycles. The molecule has 0 spiro atoms. The third-order valence-corrected chi connectivity index (χ3v) is 3.38. The van der Waals surface area contributed by atoms with Crippen LogP contribution in [0.1, 0.15) is 34.1 Å². The van der Waals surface area contributed by atoms with E-state index >= 15 is 0 Å². The number of rotatable bonds is 4. The lowest BCUT2D eigenvalue weighted by Crippen LogP contribution is -2.35. The molecule has 0 fully saturated rings. The Kier molecular flexibility index (Phi) is 4.08. The van der Waals surface area contributed by atoms with Crippen molar-refractivity contribution in [3.8, 4) is 5.75 Å². The van der Waals surface area contributed by atoms with Crippen LogP contribution >= 0.6 is 0 Å². The first-order valence-electron chi connectivity index (χ1n) is 6.46. The molecule has 1 N–H and O–H groups in total. The highest BCUT2D eigenvalue weighted by Gasteiger charge is 2.25. The van der Waals surface area contributed by atoms with Crippen LogP contribution in [-0.4, -0.2) is 41.6 Å². The van der Waals surface area contributed by atoms with Gasteiger partial charge in [0.1, 0.15) is 5.75 Å². The molecule has 20 heavy (non-hydrogen) atoms. The number of carbonyl (C=O) groups is 2. The van der Waals surface area contributed by atoms with Crippen LogP contribution in [-0.2, 0) is 0 Å². The summed E-state index contributed by atoms with van der Waals surface area (Å²) in [6.45, 7) is 2.56. The van der Waals surface area contributed by atoms with Crippen LogP contribution in [0, 0.1) is 0 Å². The Morgan fingerprint density at radius 1 is 1.35 bits per heavy atom. The summed E-state index contributed by atoms with van der Waals surface area (Å²) in [6, 6.07) is 4.43. The summed E-state index contributed by atoms with van der Waals surface area (Å²) in [7, 11) is 1.45. The lowest BCUT2D eigenvalue weighted by molar-refractivity contribution is 0.0696. The predicted molar refractivity (Wildman–Crippen MR) is 74.2 cm³/mol. The first-order valence-corrected chi connectivity index (χ1v) is 6.46. The van der Waals surface area contributed by atoms with E-state index < -0.39 is 5.97 Å². The quantitative estimate of drug-likeness (QED) is 0.855. The van der Waals surface area contributed by atoms with Gasteiger partial charge in [-0.05, 0) is 24.6 Å². The molecule has 1 aliphatic rings. The van der Waals surface area contributed by atoms with Crippen molar-refractivity contribution in [1.82, 2.24) is 4.90 Å². The van der Waals surface area contributed by atoms with Crippen LogP contribution in [0.2, 0.25) is 0 Å². The number of carboxylic acid groups (broad SMARTS) is 1. The van der Waals surface area contributed by atoms with Crippen molar-refractivity contribution < 1.29 is 19.4 Å². The number of aromatic carboxylic acids is 1. The SMILES string of the molecule is CCC1C=CCN1C(=O)c1cc(OC)cc(C(=O)O)c1. The van der Waals surface area contributed by atoms with Crippen LogP contribution < -0.4 is 4.74 Å². The second-order valence-corrected chi connectivity index (χ2v) is 4.62. The average Bonchev–Trinajstić information content (AvgIpc) is 2.94. The van der Waals surface area contributed by atoms with Gasteiger partial charge in [-0.3, -0.25) is 4.79 Å². The summed E-state index contributed by atoms with van der Waals surface area (Å²) in [5.41, 5.74) is 0.386. The maximum absolute atomic E-state index is 12.5. The van der Waals surface area contributed by atoms with E-state index in [1.54, 1.807) is 11.0 Å². The maximum atomic E-state index is 12.5. The van der Waals surface area contributed by atoms with Crippen LogP contribution in [0.25, 0.3) is 0 Å². The fraction of sp³-hybridized carbons (Fsp3) is 0.333. The number of amides is 1. The maximum Gasteiger partial charge on any atom is 0.335 e. The first kappa shape index (κ1) is 14.1. The molecule has 2 rings (SSSR count). The zero-order valence-corrected chi connectivity index (χ0v) is 11.5. The number of methoxy groups -OCH3 is 1. The Labute approximate surface area is 117 Å². The average molecular weight is 275 g/mol. The van der Waals surface area contributed by atoms with Crippen molar-refractivity contribution in [1.29, 1.82) is 0 Å². The van der Waals surface area contributed by atoms with Crippen molar-refractivity contribution >= 4 is 11.9 Å². The monoisotopic (exact) mass is 275 g/mol. The Morgan fingerprint density at radius 3 is 2.65 bits per heavy atom. The molecule has 5 heteroatoms. The number of nitrogens with zero attached hydrogens (tertiary/aromatic N) is 1. The fourth-order valence-corrected chi connectivity index (χ4v) is 2.29. The number of carbonyl (C=O) groups excluding carboxylic acids is 1. The summed E-state index contributed by atoms with van der Waals surface area (Å²) in [5, 5.41) is 9.08. The van der Waals surface area contributed by atoms with Gasteiger partial charge in [0.2, 0.25) is 0 Å². The Bertz CT molecular complexity index is 565. The van der Waals surface area contributed by atoms with Crippen molar-refractivity contribution in [2.75, 3.05) is 13.7 Å². The standard InChI is InChI=1S/C15H17NO4/c1-3-12-5-4-6-16(12)14(17)10-7-11(15(18)19)9-13(8-10)20-2/h4-5,7-9,12H,3,6H2,1-2H3,(H,18,19). The Balaban J connectivity index is 2.34. The fourth-order valence-electron chi connectivity index (χ4n) is 2.29. The van der Waals surface area contributed by atoms with Crippen molar-refractivity contribution in [3.63, 3.8) is 0 Å². The third-order valence-electron chi connectivity index (χ3n) is 3.38. The van der Waals surface area contributed by atoms with Crippen molar-refractivity contribution in [3.05, 3.63) is 41.5 Å². The summed E-state index contributed by atoms with van der Waals surface area (Å²) in [6.07, 6.45) is 4.78. The predicted octanol–water partition coefficient (Wildman–Crippen LogP) is 2.18. The van der Waals surface area contributed by atoms with Gasteiger partial charge in [0, 0.05) is 12.1 Å². The van der Waals surface area contributed by atoms with Crippen LogP contribution in [0.3, 0.4) is 0 Å². The van der Waals surface area contributed by atoms with Gasteiger partial charge in [-0.1, -0.05) is 19.1 Å². The van der Waals surface area contributed by atoms with Gasteiger partial charge in [0.05, 0.1) is 18.7 Å². The van der Waals surface area contributed by atoms with Gasteiger partial charge in [-0.2, -0.15) is 0 Å². The molecule has 1 heterocycles. The van der Waals surface area contributed by atoms with E-state index in [1.807, 2.05) is 19.1 Å². The number of ether oxygens (including phenoxy) is 1. The van der Waals surface area contributed by atoms with Gasteiger partial charge < -0.3 is 14.7 Å². The summed E-state index contributed by atoms with van der Waals surface area (Å²) in [4.78, 5) is 25.3. The molecule has 0 aliphatic carbocycles. The summed E-state index contributed by atoms with van der Waals surface area (Å²) < 4.78 is 5.06. The van der Waals surface area contributed by atoms with Gasteiger partial charge in [0.15, 0.2) is 0 Å². The topological polar surface area (TPSA) is 66.8 Å². The minimum atomic E-state index is -1.08. The molecular formula is C15H17NO4. The molecule has 0 bridgehead atoms. The van der Waals surface area contributed by atoms with Crippen molar-refractivity contribution in [2.24, 2.45) is 0 Å². The molecule has 5 nitrogen and oxygen atoms in total. The number of carboxylic acids is 1. The lowest BCUT2D eigenvalue weighted by atomic mass is 10.1. The lowest BCUT2D eigenvalue weighted by Gasteiger charge is -2.24. The highest BCUT2D eigenvalue weighted by molar-refractivity contribution is 5.98. The van der Waals surface area contributed by atoms with E-state index in [9.17, 15) is 9.59 Å². The molecule has 1 aromatic carbocycles. The second kappa shape index (κ2) is 5.77. The zero-order valence-electron chi connectivity index (χ0n) is 11.5. The second-order valence-electron chi connectivity index (χ2n) is 4.62. The van der Waals surface area contributed by atoms with Crippen molar-refractivity contribution in [2.45, 2.75) is 19.4 Å². The molecule has 1 amide bonds. The first-order chi connectivity index (χ1) is 9.56. The van der Waals surface area contributed by atoms with Crippen LogP contribution in [0.15, 0.2) is 30.4 Å². The van der Waals surface area contributed by atoms with Gasteiger partial charge in [0.25, 0.3) is 5.91 Å². The van der Waals surface area contributed by atoms with E-state index in [1.165, 1.54) is 19.2 Å². The van der Waals surface area contributed by atoms with Gasteiger partial charge in [-0.15, -0.1) is 0 Å². The Hall–Kier alpha value is -2.30. The van der Waals surface area contributed by atoms with Crippen LogP contribution in [0.4, 0.5) is 0 Å². The highest BCUT2D eigenvalue weighted by Crippen LogP contribution is 2.22. The smallest absolute Gasteiger partial charge is 0.335 e. The number of benzene rings is 1. The van der Waals surface area contributed by atoms with Gasteiger partial charge in [-0.25, -0.2) is 4.79 Å². The normalized spacial score (nSPS) is 17.3. The third kappa shape index (κ3) is 2.66. The molecule has 106 valence electrons. The van der Waals surface area contributed by atoms with Gasteiger partial charge >= 0.3 is 5.97 Å². The number of hydrogen-bond acceptors (Lipinski definition) is 3. The number of hydrogen-bond donors (Lipinski definition) is 1. The molecule has 1 atom stereocenters. The van der Waals surface area contributed by atoms with E-state index in [4.69, 9.17) is 9.84 Å². The molecule has 1 aliphatic heterocycles. The zero-order chi connectivity index (χ0) is 14.7. The minimum Gasteiger partial charge on any atom is -0.497 e. The molecule has 1 aromatic rings. The Morgan fingerprint density at radius 2 is 2.05 bits per heavy atom. The molecule has 0 saturated heterocycles. The summed E-state index contributed by atoms with van der Waals surface area (Å²) >= 11 is 0.